The number of rotatable bonds is 2. The van der Waals surface area contributed by atoms with Crippen molar-refractivity contribution < 1.29 is 0 Å². The van der Waals surface area contributed by atoms with Gasteiger partial charge in [0.15, 0.2) is 0 Å². The van der Waals surface area contributed by atoms with Crippen LogP contribution in [0.15, 0.2) is 24.3 Å². The molecule has 0 saturated carbocycles. The maximum absolute atomic E-state index is 6.31. The summed E-state index contributed by atoms with van der Waals surface area (Å²) in [6.07, 6.45) is 8.84. The summed E-state index contributed by atoms with van der Waals surface area (Å²) in [7, 11) is 0. The van der Waals surface area contributed by atoms with Crippen molar-refractivity contribution in [3.63, 3.8) is 0 Å². The second-order valence-corrected chi connectivity index (χ2v) is 11.4. The van der Waals surface area contributed by atoms with E-state index < -0.39 is 16.2 Å². The van der Waals surface area contributed by atoms with Crippen molar-refractivity contribution in [2.75, 3.05) is 0 Å². The van der Waals surface area contributed by atoms with E-state index in [0.717, 1.165) is 0 Å². The fourth-order valence-corrected chi connectivity index (χ4v) is 5.87. The maximum atomic E-state index is 6.31. The van der Waals surface area contributed by atoms with E-state index in [1.165, 1.54) is 0 Å². The van der Waals surface area contributed by atoms with Crippen LogP contribution in [0.1, 0.15) is 13.8 Å². The van der Waals surface area contributed by atoms with Crippen LogP contribution in [-0.4, -0.2) is 20.8 Å². The van der Waals surface area contributed by atoms with Crippen molar-refractivity contribution in [1.82, 2.24) is 0 Å². The normalized spacial score (nSPS) is 34.7. The average molecular weight is 236 g/mol. The third-order valence-electron chi connectivity index (χ3n) is 3.38. The van der Waals surface area contributed by atoms with Crippen LogP contribution < -0.4 is 5.73 Å². The van der Waals surface area contributed by atoms with Crippen molar-refractivity contribution in [2.45, 2.75) is 29.4 Å². The van der Waals surface area contributed by atoms with Crippen LogP contribution in [0, 0.1) is 11.3 Å². The minimum atomic E-state index is -1.20. The van der Waals surface area contributed by atoms with Crippen LogP contribution in [0.3, 0.4) is 0 Å². The van der Waals surface area contributed by atoms with E-state index in [1.54, 1.807) is 0 Å². The minimum absolute atomic E-state index is 0.211. The molecule has 0 aromatic carbocycles. The third kappa shape index (κ3) is 2.12. The molecule has 2 heteroatoms. The summed E-state index contributed by atoms with van der Waals surface area (Å²) in [5.41, 5.74) is 11.3. The molecular formula is C11H20GaN. The zero-order valence-electron chi connectivity index (χ0n) is 9.12. The number of hydrogen-bond acceptors (Lipinski definition) is 1. The van der Waals surface area contributed by atoms with Crippen LogP contribution in [0.4, 0.5) is 0 Å². The molecule has 3 unspecified atom stereocenters. The second kappa shape index (κ2) is 4.07. The summed E-state index contributed by atoms with van der Waals surface area (Å²) in [6.45, 7) is 4.57. The van der Waals surface area contributed by atoms with Gasteiger partial charge in [-0.25, -0.2) is 0 Å². The van der Waals surface area contributed by atoms with E-state index in [4.69, 9.17) is 5.73 Å². The van der Waals surface area contributed by atoms with Crippen LogP contribution in [0.25, 0.3) is 0 Å². The van der Waals surface area contributed by atoms with Gasteiger partial charge < -0.3 is 0 Å². The molecule has 0 aromatic heterocycles. The molecule has 3 atom stereocenters. The Balaban J connectivity index is 2.86. The third-order valence-corrected chi connectivity index (χ3v) is 7.90. The molecule has 0 spiro atoms. The fraction of sp³-hybridized carbons (Fsp3) is 0.636. The Morgan fingerprint density at radius 1 is 1.38 bits per heavy atom. The summed E-state index contributed by atoms with van der Waals surface area (Å²) in [6, 6.07) is 0. The first-order chi connectivity index (χ1) is 5.98. The van der Waals surface area contributed by atoms with Gasteiger partial charge in [0.2, 0.25) is 0 Å². The SMILES string of the molecule is CC1C=CC=CC1(C)[CH](N)[Ga]([CH3])[CH3]. The van der Waals surface area contributed by atoms with E-state index in [9.17, 15) is 0 Å². The topological polar surface area (TPSA) is 26.0 Å². The average Bonchev–Trinajstić information content (AvgIpc) is 2.09. The zero-order valence-corrected chi connectivity index (χ0v) is 11.5. The molecule has 1 aliphatic carbocycles. The van der Waals surface area contributed by atoms with Gasteiger partial charge in [-0.2, -0.15) is 0 Å². The van der Waals surface area contributed by atoms with Crippen LogP contribution in [0.2, 0.25) is 11.0 Å². The van der Waals surface area contributed by atoms with Crippen molar-refractivity contribution in [3.05, 3.63) is 24.3 Å². The Morgan fingerprint density at radius 3 is 2.46 bits per heavy atom. The first kappa shape index (κ1) is 11.2. The monoisotopic (exact) mass is 235 g/mol. The molecule has 0 aliphatic heterocycles. The van der Waals surface area contributed by atoms with Crippen LogP contribution in [0.5, 0.6) is 0 Å². The van der Waals surface area contributed by atoms with Crippen molar-refractivity contribution in [2.24, 2.45) is 17.1 Å². The fourth-order valence-electron chi connectivity index (χ4n) is 1.99. The van der Waals surface area contributed by atoms with Crippen molar-refractivity contribution >= 4 is 16.2 Å². The van der Waals surface area contributed by atoms with Gasteiger partial charge in [0.05, 0.1) is 0 Å². The Bertz CT molecular complexity index is 232. The predicted molar refractivity (Wildman–Crippen MR) is 61.0 cm³/mol. The Hall–Kier alpha value is 0.0764. The molecule has 72 valence electrons. The predicted octanol–water partition coefficient (Wildman–Crippen LogP) is 2.38. The molecule has 0 fully saturated rings. The molecule has 0 amide bonds. The van der Waals surface area contributed by atoms with E-state index in [-0.39, 0.29) is 5.41 Å². The van der Waals surface area contributed by atoms with Crippen molar-refractivity contribution in [3.8, 4) is 0 Å². The summed E-state index contributed by atoms with van der Waals surface area (Å²) in [5.74, 6) is 0.584. The van der Waals surface area contributed by atoms with Gasteiger partial charge in [-0.15, -0.1) is 0 Å². The first-order valence-electron chi connectivity index (χ1n) is 5.10. The van der Waals surface area contributed by atoms with Gasteiger partial charge in [-0.3, -0.25) is 0 Å². The van der Waals surface area contributed by atoms with Gasteiger partial charge in [0.1, 0.15) is 0 Å². The summed E-state index contributed by atoms with van der Waals surface area (Å²) in [5, 5.41) is 0. The van der Waals surface area contributed by atoms with E-state index in [0.29, 0.717) is 10.5 Å². The molecular weight excluding hydrogens is 216 g/mol. The van der Waals surface area contributed by atoms with E-state index >= 15 is 0 Å². The standard InChI is InChI=1S/C9H14N.2CH3.Ga/c1-8-5-3-4-6-9(8,2)7-10;;;/h3-8H,10H2,1-2H3;2*1H3;. The molecule has 0 bridgehead atoms. The van der Waals surface area contributed by atoms with Gasteiger partial charge in [-0.05, 0) is 0 Å². The first-order valence-corrected chi connectivity index (χ1v) is 11.3. The quantitative estimate of drug-likeness (QED) is 0.731. The number of allylic oxidation sites excluding steroid dienone is 3. The molecule has 2 N–H and O–H groups in total. The summed E-state index contributed by atoms with van der Waals surface area (Å²) >= 11 is -1.20. The van der Waals surface area contributed by atoms with Gasteiger partial charge in [0, 0.05) is 0 Å². The van der Waals surface area contributed by atoms with E-state index in [2.05, 4.69) is 49.1 Å². The van der Waals surface area contributed by atoms with Crippen LogP contribution in [-0.2, 0) is 0 Å². The van der Waals surface area contributed by atoms with Crippen LogP contribution >= 0.6 is 0 Å². The molecule has 0 heterocycles. The molecule has 1 aliphatic rings. The number of nitrogens with two attached hydrogens (primary N) is 1. The van der Waals surface area contributed by atoms with Gasteiger partial charge in [-0.1, -0.05) is 0 Å². The zero-order chi connectivity index (χ0) is 10.1. The number of hydrogen-bond donors (Lipinski definition) is 1. The molecule has 1 rings (SSSR count). The van der Waals surface area contributed by atoms with Gasteiger partial charge in [0.25, 0.3) is 0 Å². The Labute approximate surface area is 87.1 Å². The molecule has 0 aromatic rings. The molecule has 1 nitrogen and oxygen atoms in total. The summed E-state index contributed by atoms with van der Waals surface area (Å²) < 4.78 is 0.427. The molecule has 0 saturated heterocycles. The summed E-state index contributed by atoms with van der Waals surface area (Å²) in [4.78, 5) is 0. The molecule has 0 radical (unpaired) electrons. The Morgan fingerprint density at radius 2 is 2.00 bits per heavy atom. The van der Waals surface area contributed by atoms with E-state index in [1.807, 2.05) is 0 Å². The van der Waals surface area contributed by atoms with Crippen molar-refractivity contribution in [1.29, 1.82) is 0 Å². The molecule has 13 heavy (non-hydrogen) atoms. The second-order valence-electron chi connectivity index (χ2n) is 4.67. The van der Waals surface area contributed by atoms with Gasteiger partial charge >= 0.3 is 87.0 Å². The Kier molecular flexibility index (Phi) is 3.49.